The lowest BCUT2D eigenvalue weighted by Gasteiger charge is -2.37. The molecule has 0 aliphatic carbocycles. The average Bonchev–Trinajstić information content (AvgIpc) is 3.10. The minimum Gasteiger partial charge on any atom is -0.467 e. The van der Waals surface area contributed by atoms with Crippen molar-refractivity contribution in [1.29, 1.82) is 0 Å². The molecule has 1 N–H and O–H groups in total. The summed E-state index contributed by atoms with van der Waals surface area (Å²) in [6, 6.07) is 11.8. The number of para-hydroxylation sites is 1. The summed E-state index contributed by atoms with van der Waals surface area (Å²) in [5.74, 6) is 1.81. The second-order valence-electron chi connectivity index (χ2n) is 5.41. The van der Waals surface area contributed by atoms with Gasteiger partial charge < -0.3 is 19.5 Å². The van der Waals surface area contributed by atoms with Crippen molar-refractivity contribution >= 4 is 47.2 Å². The molecule has 24 heavy (non-hydrogen) atoms. The molecule has 7 heteroatoms. The van der Waals surface area contributed by atoms with E-state index in [4.69, 9.17) is 16.0 Å². The van der Waals surface area contributed by atoms with Gasteiger partial charge in [0.2, 0.25) is 0 Å². The van der Waals surface area contributed by atoms with Crippen molar-refractivity contribution in [3.63, 3.8) is 0 Å². The second kappa shape index (κ2) is 9.17. The van der Waals surface area contributed by atoms with E-state index in [1.165, 1.54) is 0 Å². The number of hydrogen-bond acceptors (Lipinski definition) is 3. The Balaban J connectivity index is 0.00000208. The number of furan rings is 1. The van der Waals surface area contributed by atoms with Gasteiger partial charge in [-0.1, -0.05) is 23.7 Å². The van der Waals surface area contributed by atoms with Gasteiger partial charge in [0, 0.05) is 33.2 Å². The molecule has 0 unspecified atom stereocenters. The summed E-state index contributed by atoms with van der Waals surface area (Å²) in [6.07, 6.45) is 1.68. The van der Waals surface area contributed by atoms with E-state index in [1.54, 1.807) is 6.26 Å². The quantitative estimate of drug-likeness (QED) is 0.433. The highest BCUT2D eigenvalue weighted by atomic mass is 127. The van der Waals surface area contributed by atoms with Gasteiger partial charge in [-0.2, -0.15) is 0 Å². The summed E-state index contributed by atoms with van der Waals surface area (Å²) in [5.41, 5.74) is 1.10. The molecule has 0 spiro atoms. The Morgan fingerprint density at radius 1 is 1.17 bits per heavy atom. The van der Waals surface area contributed by atoms with Crippen LogP contribution in [0.3, 0.4) is 0 Å². The Kier molecular flexibility index (Phi) is 7.23. The molecule has 1 fully saturated rings. The first-order valence-corrected chi connectivity index (χ1v) is 8.13. The van der Waals surface area contributed by atoms with Crippen LogP contribution in [-0.2, 0) is 6.54 Å². The van der Waals surface area contributed by atoms with Crippen molar-refractivity contribution < 1.29 is 4.42 Å². The van der Waals surface area contributed by atoms with Gasteiger partial charge in [0.25, 0.3) is 0 Å². The number of nitrogens with zero attached hydrogens (tertiary/aromatic N) is 3. The van der Waals surface area contributed by atoms with E-state index in [1.807, 2.05) is 37.4 Å². The predicted octanol–water partition coefficient (Wildman–Crippen LogP) is 3.45. The average molecular weight is 461 g/mol. The summed E-state index contributed by atoms with van der Waals surface area (Å²) < 4.78 is 5.34. The minimum absolute atomic E-state index is 0. The lowest BCUT2D eigenvalue weighted by molar-refractivity contribution is 0.370. The van der Waals surface area contributed by atoms with E-state index in [-0.39, 0.29) is 24.0 Å². The number of aliphatic imine (C=N–C) groups is 1. The third-order valence-corrected chi connectivity index (χ3v) is 4.30. The number of anilines is 1. The van der Waals surface area contributed by atoms with E-state index in [2.05, 4.69) is 26.2 Å². The molecule has 130 valence electrons. The van der Waals surface area contributed by atoms with Crippen molar-refractivity contribution in [2.45, 2.75) is 6.54 Å². The van der Waals surface area contributed by atoms with E-state index >= 15 is 0 Å². The molecule has 5 nitrogen and oxygen atoms in total. The molecular formula is C17H22ClIN4O. The molecule has 3 rings (SSSR count). The van der Waals surface area contributed by atoms with Gasteiger partial charge in [-0.3, -0.25) is 4.99 Å². The predicted molar refractivity (Wildman–Crippen MR) is 110 cm³/mol. The molecule has 1 aromatic heterocycles. The van der Waals surface area contributed by atoms with Crippen LogP contribution in [0.4, 0.5) is 5.69 Å². The largest absolute Gasteiger partial charge is 0.467 e. The van der Waals surface area contributed by atoms with Gasteiger partial charge in [-0.05, 0) is 24.3 Å². The summed E-state index contributed by atoms with van der Waals surface area (Å²) >= 11 is 6.29. The minimum atomic E-state index is 0. The van der Waals surface area contributed by atoms with Crippen molar-refractivity contribution in [2.24, 2.45) is 4.99 Å². The number of benzene rings is 1. The first-order valence-electron chi connectivity index (χ1n) is 7.75. The van der Waals surface area contributed by atoms with Gasteiger partial charge in [0.1, 0.15) is 5.76 Å². The third kappa shape index (κ3) is 4.57. The monoisotopic (exact) mass is 460 g/mol. The summed E-state index contributed by atoms with van der Waals surface area (Å²) in [5, 5.41) is 4.15. The number of nitrogens with one attached hydrogen (secondary N) is 1. The van der Waals surface area contributed by atoms with Crippen molar-refractivity contribution in [1.82, 2.24) is 10.2 Å². The zero-order valence-electron chi connectivity index (χ0n) is 13.6. The number of hydrogen-bond donors (Lipinski definition) is 1. The SMILES string of the molecule is CN=C(NCc1ccco1)N1CCN(c2ccccc2Cl)CC1.I. The highest BCUT2D eigenvalue weighted by molar-refractivity contribution is 14.0. The summed E-state index contributed by atoms with van der Waals surface area (Å²) in [6.45, 7) is 4.30. The molecule has 1 aromatic carbocycles. The maximum absolute atomic E-state index is 6.29. The second-order valence-corrected chi connectivity index (χ2v) is 5.81. The fraction of sp³-hybridized carbons (Fsp3) is 0.353. The van der Waals surface area contributed by atoms with Gasteiger partial charge in [-0.15, -0.1) is 24.0 Å². The highest BCUT2D eigenvalue weighted by Gasteiger charge is 2.20. The summed E-state index contributed by atoms with van der Waals surface area (Å²) in [4.78, 5) is 8.95. The van der Waals surface area contributed by atoms with E-state index < -0.39 is 0 Å². The number of piperazine rings is 1. The van der Waals surface area contributed by atoms with Crippen LogP contribution in [-0.4, -0.2) is 44.1 Å². The fourth-order valence-electron chi connectivity index (χ4n) is 2.78. The van der Waals surface area contributed by atoms with Crippen molar-refractivity contribution in [3.05, 3.63) is 53.4 Å². The van der Waals surface area contributed by atoms with Crippen LogP contribution < -0.4 is 10.2 Å². The van der Waals surface area contributed by atoms with Crippen LogP contribution in [0.5, 0.6) is 0 Å². The standard InChI is InChI=1S/C17H21ClN4O.HI/c1-19-17(20-13-14-5-4-12-23-14)22-10-8-21(9-11-22)16-7-3-2-6-15(16)18;/h2-7,12H,8-11,13H2,1H3,(H,19,20);1H. The van der Waals surface area contributed by atoms with Crippen LogP contribution in [0, 0.1) is 0 Å². The molecule has 0 saturated carbocycles. The number of rotatable bonds is 3. The summed E-state index contributed by atoms with van der Waals surface area (Å²) in [7, 11) is 1.81. The van der Waals surface area contributed by atoms with Gasteiger partial charge in [0.05, 0.1) is 23.5 Å². The van der Waals surface area contributed by atoms with Gasteiger partial charge in [0.15, 0.2) is 5.96 Å². The maximum Gasteiger partial charge on any atom is 0.194 e. The molecule has 1 aliphatic heterocycles. The Hall–Kier alpha value is -1.41. The molecule has 0 radical (unpaired) electrons. The van der Waals surface area contributed by atoms with Crippen molar-refractivity contribution in [2.75, 3.05) is 38.1 Å². The number of guanidine groups is 1. The Labute approximate surface area is 164 Å². The Morgan fingerprint density at radius 3 is 2.54 bits per heavy atom. The molecule has 2 aromatic rings. The smallest absolute Gasteiger partial charge is 0.194 e. The molecule has 1 saturated heterocycles. The Morgan fingerprint density at radius 2 is 1.92 bits per heavy atom. The zero-order valence-corrected chi connectivity index (χ0v) is 16.7. The lowest BCUT2D eigenvalue weighted by Crippen LogP contribution is -2.52. The molecule has 0 amide bonds. The molecular weight excluding hydrogens is 439 g/mol. The third-order valence-electron chi connectivity index (χ3n) is 3.98. The normalized spacial score (nSPS) is 15.2. The molecule has 0 bridgehead atoms. The van der Waals surface area contributed by atoms with Crippen molar-refractivity contribution in [3.8, 4) is 0 Å². The number of halogens is 2. The van der Waals surface area contributed by atoms with E-state index in [0.29, 0.717) is 6.54 Å². The molecule has 2 heterocycles. The van der Waals surface area contributed by atoms with Crippen LogP contribution >= 0.6 is 35.6 Å². The van der Waals surface area contributed by atoms with Crippen LogP contribution in [0.25, 0.3) is 0 Å². The first kappa shape index (κ1) is 18.9. The zero-order chi connectivity index (χ0) is 16.1. The van der Waals surface area contributed by atoms with E-state index in [0.717, 1.165) is 48.6 Å². The first-order chi connectivity index (χ1) is 11.3. The van der Waals surface area contributed by atoms with Crippen LogP contribution in [0.2, 0.25) is 5.02 Å². The molecule has 1 aliphatic rings. The fourth-order valence-corrected chi connectivity index (χ4v) is 3.03. The van der Waals surface area contributed by atoms with Gasteiger partial charge in [-0.25, -0.2) is 0 Å². The molecule has 0 atom stereocenters. The van der Waals surface area contributed by atoms with Crippen LogP contribution in [0.1, 0.15) is 5.76 Å². The van der Waals surface area contributed by atoms with E-state index in [9.17, 15) is 0 Å². The lowest BCUT2D eigenvalue weighted by atomic mass is 10.2. The highest BCUT2D eigenvalue weighted by Crippen LogP contribution is 2.25. The van der Waals surface area contributed by atoms with Crippen LogP contribution in [0.15, 0.2) is 52.1 Å². The maximum atomic E-state index is 6.29. The Bertz CT molecular complexity index is 654. The van der Waals surface area contributed by atoms with Gasteiger partial charge >= 0.3 is 0 Å². The topological polar surface area (TPSA) is 44.0 Å².